The highest BCUT2D eigenvalue weighted by molar-refractivity contribution is 7.91. The van der Waals surface area contributed by atoms with Gasteiger partial charge in [-0.3, -0.25) is 4.79 Å². The Morgan fingerprint density at radius 3 is 1.92 bits per heavy atom. The minimum absolute atomic E-state index is 0.129. The number of alkyl halides is 3. The van der Waals surface area contributed by atoms with E-state index in [9.17, 15) is 26.4 Å². The van der Waals surface area contributed by atoms with Crippen molar-refractivity contribution in [3.63, 3.8) is 0 Å². The summed E-state index contributed by atoms with van der Waals surface area (Å²) in [4.78, 5) is 11.8. The summed E-state index contributed by atoms with van der Waals surface area (Å²) in [5.74, 6) is -4.14. The SMILES string of the molecule is O=C(CC(CS(=O)(=O)c1ccccc1)C(F)(F)F)c1ccccc1. The number of carbonyl (C=O) groups excluding carboxylic acids is 1. The highest BCUT2D eigenvalue weighted by Gasteiger charge is 2.43. The van der Waals surface area contributed by atoms with Gasteiger partial charge in [-0.1, -0.05) is 48.5 Å². The van der Waals surface area contributed by atoms with Crippen molar-refractivity contribution < 1.29 is 26.4 Å². The minimum Gasteiger partial charge on any atom is -0.294 e. The molecule has 7 heteroatoms. The molecule has 1 atom stereocenters. The number of ketones is 1. The molecule has 0 aliphatic carbocycles. The molecule has 2 aromatic rings. The molecule has 2 aromatic carbocycles. The number of carbonyl (C=O) groups is 1. The van der Waals surface area contributed by atoms with Gasteiger partial charge in [0, 0.05) is 12.0 Å². The average Bonchev–Trinajstić information content (AvgIpc) is 2.55. The van der Waals surface area contributed by atoms with Gasteiger partial charge < -0.3 is 0 Å². The summed E-state index contributed by atoms with van der Waals surface area (Å²) >= 11 is 0. The Morgan fingerprint density at radius 1 is 0.917 bits per heavy atom. The third kappa shape index (κ3) is 4.67. The molecule has 2 rings (SSSR count). The van der Waals surface area contributed by atoms with Gasteiger partial charge in [0.2, 0.25) is 0 Å². The molecule has 0 aliphatic heterocycles. The van der Waals surface area contributed by atoms with Crippen molar-refractivity contribution in [2.24, 2.45) is 5.92 Å². The normalized spacial score (nSPS) is 13.5. The van der Waals surface area contributed by atoms with Crippen molar-refractivity contribution in [2.75, 3.05) is 5.75 Å². The van der Waals surface area contributed by atoms with Crippen LogP contribution in [-0.4, -0.2) is 26.1 Å². The van der Waals surface area contributed by atoms with Gasteiger partial charge in [0.15, 0.2) is 15.6 Å². The molecule has 0 aromatic heterocycles. The van der Waals surface area contributed by atoms with Gasteiger partial charge in [-0.2, -0.15) is 13.2 Å². The van der Waals surface area contributed by atoms with Gasteiger partial charge in [0.05, 0.1) is 16.6 Å². The van der Waals surface area contributed by atoms with Crippen LogP contribution in [0.4, 0.5) is 13.2 Å². The first kappa shape index (κ1) is 18.2. The van der Waals surface area contributed by atoms with E-state index in [-0.39, 0.29) is 10.5 Å². The average molecular weight is 356 g/mol. The van der Waals surface area contributed by atoms with Gasteiger partial charge in [0.1, 0.15) is 0 Å². The number of sulfone groups is 1. The lowest BCUT2D eigenvalue weighted by atomic mass is 9.99. The van der Waals surface area contributed by atoms with Crippen molar-refractivity contribution in [3.8, 4) is 0 Å². The third-order valence-electron chi connectivity index (χ3n) is 3.51. The first-order valence-electron chi connectivity index (χ1n) is 7.13. The highest BCUT2D eigenvalue weighted by Crippen LogP contribution is 2.32. The number of halogens is 3. The van der Waals surface area contributed by atoms with Crippen LogP contribution in [0.25, 0.3) is 0 Å². The molecule has 1 unspecified atom stereocenters. The van der Waals surface area contributed by atoms with Crippen LogP contribution in [-0.2, 0) is 9.84 Å². The van der Waals surface area contributed by atoms with E-state index in [1.807, 2.05) is 0 Å². The van der Waals surface area contributed by atoms with Gasteiger partial charge >= 0.3 is 6.18 Å². The van der Waals surface area contributed by atoms with Crippen LogP contribution in [0.15, 0.2) is 65.6 Å². The van der Waals surface area contributed by atoms with E-state index in [1.165, 1.54) is 48.5 Å². The van der Waals surface area contributed by atoms with E-state index in [0.717, 1.165) is 0 Å². The van der Waals surface area contributed by atoms with E-state index < -0.39 is 39.9 Å². The molecule has 24 heavy (non-hydrogen) atoms. The van der Waals surface area contributed by atoms with Crippen LogP contribution in [0.2, 0.25) is 0 Å². The third-order valence-corrected chi connectivity index (χ3v) is 5.34. The molecule has 3 nitrogen and oxygen atoms in total. The topological polar surface area (TPSA) is 51.2 Å². The maximum atomic E-state index is 13.2. The molecule has 0 heterocycles. The highest BCUT2D eigenvalue weighted by atomic mass is 32.2. The fourth-order valence-corrected chi connectivity index (χ4v) is 3.82. The van der Waals surface area contributed by atoms with E-state index >= 15 is 0 Å². The quantitative estimate of drug-likeness (QED) is 0.738. The van der Waals surface area contributed by atoms with Gasteiger partial charge in [-0.05, 0) is 12.1 Å². The second-order valence-electron chi connectivity index (χ2n) is 5.33. The predicted molar refractivity (Wildman–Crippen MR) is 83.4 cm³/mol. The zero-order valence-corrected chi connectivity index (χ0v) is 13.3. The molecular weight excluding hydrogens is 341 g/mol. The number of benzene rings is 2. The van der Waals surface area contributed by atoms with Crippen molar-refractivity contribution in [2.45, 2.75) is 17.5 Å². The fourth-order valence-electron chi connectivity index (χ4n) is 2.22. The summed E-state index contributed by atoms with van der Waals surface area (Å²) in [6.07, 6.45) is -5.69. The molecule has 0 N–H and O–H groups in total. The van der Waals surface area contributed by atoms with Crippen molar-refractivity contribution >= 4 is 15.6 Å². The van der Waals surface area contributed by atoms with Crippen molar-refractivity contribution in [1.82, 2.24) is 0 Å². The Labute approximate surface area is 138 Å². The summed E-state index contributed by atoms with van der Waals surface area (Å²) < 4.78 is 64.1. The second kappa shape index (κ2) is 7.17. The molecule has 0 bridgehead atoms. The van der Waals surface area contributed by atoms with Crippen LogP contribution in [0.1, 0.15) is 16.8 Å². The molecule has 0 aliphatic rings. The molecule has 0 fully saturated rings. The maximum Gasteiger partial charge on any atom is 0.393 e. The standard InChI is InChI=1S/C17H15F3O3S/c18-17(19,20)14(11-16(21)13-7-3-1-4-8-13)12-24(22,23)15-9-5-2-6-10-15/h1-10,14H,11-12H2. The summed E-state index contributed by atoms with van der Waals surface area (Å²) in [7, 11) is -4.14. The first-order valence-corrected chi connectivity index (χ1v) is 8.78. The van der Waals surface area contributed by atoms with E-state index in [0.29, 0.717) is 0 Å². The van der Waals surface area contributed by atoms with E-state index in [4.69, 9.17) is 0 Å². The lowest BCUT2D eigenvalue weighted by Gasteiger charge is -2.19. The predicted octanol–water partition coefficient (Wildman–Crippen LogP) is 3.91. The molecule has 0 saturated heterocycles. The first-order chi connectivity index (χ1) is 11.2. The number of Topliss-reactive ketones (excluding diaryl/α,β-unsaturated/α-hetero) is 1. The monoisotopic (exact) mass is 356 g/mol. The van der Waals surface area contributed by atoms with Gasteiger partial charge in [-0.25, -0.2) is 8.42 Å². The minimum atomic E-state index is -4.79. The van der Waals surface area contributed by atoms with E-state index in [2.05, 4.69) is 0 Å². The Balaban J connectivity index is 2.23. The van der Waals surface area contributed by atoms with Gasteiger partial charge in [0.25, 0.3) is 0 Å². The molecule has 0 radical (unpaired) electrons. The summed E-state index contributed by atoms with van der Waals surface area (Å²) in [6, 6.07) is 14.4. The van der Waals surface area contributed by atoms with Crippen LogP contribution >= 0.6 is 0 Å². The fraction of sp³-hybridized carbons (Fsp3) is 0.235. The second-order valence-corrected chi connectivity index (χ2v) is 7.36. The van der Waals surface area contributed by atoms with Crippen LogP contribution in [0.5, 0.6) is 0 Å². The summed E-state index contributed by atoms with van der Waals surface area (Å²) in [5, 5.41) is 0. The largest absolute Gasteiger partial charge is 0.393 e. The van der Waals surface area contributed by atoms with Crippen LogP contribution < -0.4 is 0 Å². The number of hydrogen-bond acceptors (Lipinski definition) is 3. The zero-order valence-electron chi connectivity index (χ0n) is 12.5. The Bertz CT molecular complexity index is 785. The molecule has 0 amide bonds. The van der Waals surface area contributed by atoms with Crippen LogP contribution in [0.3, 0.4) is 0 Å². The molecule has 0 spiro atoms. The smallest absolute Gasteiger partial charge is 0.294 e. The lowest BCUT2D eigenvalue weighted by molar-refractivity contribution is -0.167. The molecule has 128 valence electrons. The zero-order chi connectivity index (χ0) is 17.8. The van der Waals surface area contributed by atoms with Crippen LogP contribution in [0, 0.1) is 5.92 Å². The summed E-state index contributed by atoms with van der Waals surface area (Å²) in [6.45, 7) is 0. The maximum absolute atomic E-state index is 13.2. The number of hydrogen-bond donors (Lipinski definition) is 0. The van der Waals surface area contributed by atoms with Gasteiger partial charge in [-0.15, -0.1) is 0 Å². The van der Waals surface area contributed by atoms with Crippen molar-refractivity contribution in [1.29, 1.82) is 0 Å². The van der Waals surface area contributed by atoms with Crippen molar-refractivity contribution in [3.05, 3.63) is 66.2 Å². The molecular formula is C17H15F3O3S. The summed E-state index contributed by atoms with van der Waals surface area (Å²) in [5.41, 5.74) is 0.129. The number of rotatable bonds is 6. The lowest BCUT2D eigenvalue weighted by Crippen LogP contribution is -2.32. The Hall–Kier alpha value is -2.15. The Morgan fingerprint density at radius 2 is 1.42 bits per heavy atom. The van der Waals surface area contributed by atoms with E-state index in [1.54, 1.807) is 12.1 Å². The Kier molecular flexibility index (Phi) is 5.43. The molecule has 0 saturated carbocycles.